The summed E-state index contributed by atoms with van der Waals surface area (Å²) in [5, 5.41) is 0. The molecule has 0 N–H and O–H groups in total. The lowest BCUT2D eigenvalue weighted by Gasteiger charge is -2.31. The average molecular weight is 422 g/mol. The van der Waals surface area contributed by atoms with E-state index in [0.29, 0.717) is 25.7 Å². The van der Waals surface area contributed by atoms with Gasteiger partial charge in [-0.2, -0.15) is 4.31 Å². The van der Waals surface area contributed by atoms with Crippen molar-refractivity contribution < 1.29 is 22.7 Å². The van der Waals surface area contributed by atoms with E-state index >= 15 is 0 Å². The molecular formula is C22H31NO5S. The van der Waals surface area contributed by atoms with Crippen LogP contribution < -0.4 is 0 Å². The fourth-order valence-electron chi connectivity index (χ4n) is 3.92. The number of hydrogen-bond acceptors (Lipinski definition) is 5. The van der Waals surface area contributed by atoms with E-state index in [1.54, 1.807) is 12.1 Å². The maximum absolute atomic E-state index is 12.9. The third kappa shape index (κ3) is 5.07. The van der Waals surface area contributed by atoms with Gasteiger partial charge in [-0.3, -0.25) is 9.59 Å². The summed E-state index contributed by atoms with van der Waals surface area (Å²) in [5.41, 5.74) is 1.04. The SMILES string of the molecule is CC(C)(C)c1ccc(S(=O)(=O)N2CCC(C(=O)O[C@@H]3CCCCC3=O)CC2)cc1. The molecule has 1 aromatic rings. The van der Waals surface area contributed by atoms with Crippen LogP contribution in [-0.4, -0.2) is 43.7 Å². The smallest absolute Gasteiger partial charge is 0.309 e. The molecule has 2 aliphatic rings. The molecule has 3 rings (SSSR count). The first-order valence-electron chi connectivity index (χ1n) is 10.4. The third-order valence-electron chi connectivity index (χ3n) is 5.90. The molecule has 2 fully saturated rings. The number of carbonyl (C=O) groups excluding carboxylic acids is 2. The first-order valence-corrected chi connectivity index (χ1v) is 11.9. The van der Waals surface area contributed by atoms with Crippen molar-refractivity contribution in [3.63, 3.8) is 0 Å². The molecule has 1 aliphatic heterocycles. The van der Waals surface area contributed by atoms with Gasteiger partial charge in [-0.1, -0.05) is 32.9 Å². The van der Waals surface area contributed by atoms with E-state index in [-0.39, 0.29) is 41.1 Å². The van der Waals surface area contributed by atoms with Gasteiger partial charge in [0.15, 0.2) is 11.9 Å². The Kier molecular flexibility index (Phi) is 6.48. The van der Waals surface area contributed by atoms with Crippen molar-refractivity contribution in [2.24, 2.45) is 5.92 Å². The van der Waals surface area contributed by atoms with Crippen LogP contribution in [-0.2, 0) is 29.8 Å². The molecule has 1 heterocycles. The van der Waals surface area contributed by atoms with Crippen LogP contribution in [0.5, 0.6) is 0 Å². The number of Topliss-reactive ketones (excluding diaryl/α,β-unsaturated/α-hetero) is 1. The predicted octanol–water partition coefficient (Wildman–Crippen LogP) is 3.44. The number of nitrogens with zero attached hydrogens (tertiary/aromatic N) is 1. The molecule has 0 radical (unpaired) electrons. The largest absolute Gasteiger partial charge is 0.454 e. The Bertz CT molecular complexity index is 846. The third-order valence-corrected chi connectivity index (χ3v) is 7.82. The molecule has 1 saturated heterocycles. The Morgan fingerprint density at radius 3 is 2.21 bits per heavy atom. The maximum Gasteiger partial charge on any atom is 0.309 e. The monoisotopic (exact) mass is 421 g/mol. The lowest BCUT2D eigenvalue weighted by molar-refractivity contribution is -0.161. The fraction of sp³-hybridized carbons (Fsp3) is 0.636. The number of rotatable bonds is 4. The minimum atomic E-state index is -3.58. The zero-order valence-corrected chi connectivity index (χ0v) is 18.3. The minimum Gasteiger partial charge on any atom is -0.454 e. The number of carbonyl (C=O) groups is 2. The van der Waals surface area contributed by atoms with Crippen molar-refractivity contribution in [1.82, 2.24) is 4.31 Å². The highest BCUT2D eigenvalue weighted by atomic mass is 32.2. The van der Waals surface area contributed by atoms with Crippen molar-refractivity contribution in [3.05, 3.63) is 29.8 Å². The fourth-order valence-corrected chi connectivity index (χ4v) is 5.39. The summed E-state index contributed by atoms with van der Waals surface area (Å²) >= 11 is 0. The van der Waals surface area contributed by atoms with Gasteiger partial charge in [0.05, 0.1) is 10.8 Å². The predicted molar refractivity (Wildman–Crippen MR) is 110 cm³/mol. The molecule has 160 valence electrons. The summed E-state index contributed by atoms with van der Waals surface area (Å²) < 4.78 is 32.8. The summed E-state index contributed by atoms with van der Waals surface area (Å²) in [6, 6.07) is 7.03. The molecule has 1 atom stereocenters. The quantitative estimate of drug-likeness (QED) is 0.696. The highest BCUT2D eigenvalue weighted by Crippen LogP contribution is 2.28. The van der Waals surface area contributed by atoms with Crippen LogP contribution >= 0.6 is 0 Å². The van der Waals surface area contributed by atoms with Crippen molar-refractivity contribution in [3.8, 4) is 0 Å². The second kappa shape index (κ2) is 8.56. The molecule has 1 aliphatic carbocycles. The van der Waals surface area contributed by atoms with Gasteiger partial charge in [-0.25, -0.2) is 8.42 Å². The van der Waals surface area contributed by atoms with E-state index in [0.717, 1.165) is 18.4 Å². The van der Waals surface area contributed by atoms with E-state index in [2.05, 4.69) is 20.8 Å². The second-order valence-corrected chi connectivity index (χ2v) is 11.0. The summed E-state index contributed by atoms with van der Waals surface area (Å²) in [5.74, 6) is -0.709. The Morgan fingerprint density at radius 2 is 1.66 bits per heavy atom. The van der Waals surface area contributed by atoms with Crippen LogP contribution in [0, 0.1) is 5.92 Å². The van der Waals surface area contributed by atoms with Crippen LogP contribution in [0.15, 0.2) is 29.2 Å². The number of ether oxygens (including phenoxy) is 1. The Labute approximate surface area is 173 Å². The molecule has 0 spiro atoms. The minimum absolute atomic E-state index is 0.00307. The molecular weight excluding hydrogens is 390 g/mol. The number of ketones is 1. The van der Waals surface area contributed by atoms with Gasteiger partial charge >= 0.3 is 5.97 Å². The number of esters is 1. The standard InChI is InChI=1S/C22H31NO5S/c1-22(2,3)17-8-10-18(11-9-17)29(26,27)23-14-12-16(13-15-23)21(25)28-20-7-5-4-6-19(20)24/h8-11,16,20H,4-7,12-15H2,1-3H3/t20-/m1/s1. The zero-order valence-electron chi connectivity index (χ0n) is 17.5. The molecule has 6 nitrogen and oxygen atoms in total. The summed E-state index contributed by atoms with van der Waals surface area (Å²) in [6.45, 7) is 6.81. The van der Waals surface area contributed by atoms with E-state index in [9.17, 15) is 18.0 Å². The molecule has 29 heavy (non-hydrogen) atoms. The van der Waals surface area contributed by atoms with Crippen LogP contribution in [0.4, 0.5) is 0 Å². The average Bonchev–Trinajstić information content (AvgIpc) is 2.69. The van der Waals surface area contributed by atoms with Gasteiger partial charge in [-0.05, 0) is 55.2 Å². The van der Waals surface area contributed by atoms with E-state index in [4.69, 9.17) is 4.74 Å². The van der Waals surface area contributed by atoms with E-state index < -0.39 is 16.1 Å². The number of piperidine rings is 1. The molecule has 1 aromatic carbocycles. The van der Waals surface area contributed by atoms with E-state index in [1.807, 2.05) is 12.1 Å². The van der Waals surface area contributed by atoms with Crippen molar-refractivity contribution >= 4 is 21.8 Å². The van der Waals surface area contributed by atoms with E-state index in [1.165, 1.54) is 4.31 Å². The highest BCUT2D eigenvalue weighted by Gasteiger charge is 2.35. The van der Waals surface area contributed by atoms with Gasteiger partial charge < -0.3 is 4.74 Å². The Morgan fingerprint density at radius 1 is 1.03 bits per heavy atom. The summed E-state index contributed by atoms with van der Waals surface area (Å²) in [7, 11) is -3.58. The van der Waals surface area contributed by atoms with Gasteiger partial charge in [-0.15, -0.1) is 0 Å². The summed E-state index contributed by atoms with van der Waals surface area (Å²) in [6.07, 6.45) is 3.05. The van der Waals surface area contributed by atoms with Crippen LogP contribution in [0.2, 0.25) is 0 Å². The van der Waals surface area contributed by atoms with Crippen molar-refractivity contribution in [2.75, 3.05) is 13.1 Å². The normalized spacial score (nSPS) is 22.4. The Hall–Kier alpha value is -1.73. The van der Waals surface area contributed by atoms with Crippen LogP contribution in [0.25, 0.3) is 0 Å². The van der Waals surface area contributed by atoms with Gasteiger partial charge in [0.25, 0.3) is 0 Å². The zero-order chi connectivity index (χ0) is 21.2. The molecule has 0 aromatic heterocycles. The van der Waals surface area contributed by atoms with Gasteiger partial charge in [0.2, 0.25) is 10.0 Å². The maximum atomic E-state index is 12.9. The first-order chi connectivity index (χ1) is 13.6. The van der Waals surface area contributed by atoms with Crippen LogP contribution in [0.3, 0.4) is 0 Å². The first kappa shape index (κ1) is 22.0. The van der Waals surface area contributed by atoms with Crippen molar-refractivity contribution in [1.29, 1.82) is 0 Å². The Balaban J connectivity index is 1.59. The molecule has 0 bridgehead atoms. The second-order valence-electron chi connectivity index (χ2n) is 9.09. The van der Waals surface area contributed by atoms with Gasteiger partial charge in [0, 0.05) is 19.5 Å². The van der Waals surface area contributed by atoms with Crippen LogP contribution in [0.1, 0.15) is 64.9 Å². The summed E-state index contributed by atoms with van der Waals surface area (Å²) in [4.78, 5) is 24.6. The molecule has 0 unspecified atom stereocenters. The molecule has 7 heteroatoms. The number of sulfonamides is 1. The van der Waals surface area contributed by atoms with Gasteiger partial charge in [0.1, 0.15) is 0 Å². The topological polar surface area (TPSA) is 80.8 Å². The number of benzene rings is 1. The van der Waals surface area contributed by atoms with Crippen molar-refractivity contribution in [2.45, 2.75) is 75.7 Å². The molecule has 1 saturated carbocycles. The lowest BCUT2D eigenvalue weighted by Crippen LogP contribution is -2.41. The number of hydrogen-bond donors (Lipinski definition) is 0. The highest BCUT2D eigenvalue weighted by molar-refractivity contribution is 7.89. The molecule has 0 amide bonds. The lowest BCUT2D eigenvalue weighted by atomic mass is 9.87.